The maximum absolute atomic E-state index is 12.1. The Bertz CT molecular complexity index is 543. The molecule has 1 aliphatic carbocycles. The van der Waals surface area contributed by atoms with Crippen molar-refractivity contribution in [2.45, 2.75) is 25.7 Å². The van der Waals surface area contributed by atoms with E-state index in [0.717, 1.165) is 12.8 Å². The first-order chi connectivity index (χ1) is 10.7. The minimum atomic E-state index is -0.412. The summed E-state index contributed by atoms with van der Waals surface area (Å²) in [6.07, 6.45) is 7.70. The summed E-state index contributed by atoms with van der Waals surface area (Å²) in [5, 5.41) is 0. The van der Waals surface area contributed by atoms with E-state index in [2.05, 4.69) is 13.2 Å². The molecule has 0 atom stereocenters. The van der Waals surface area contributed by atoms with Crippen LogP contribution >= 0.6 is 11.3 Å². The highest BCUT2D eigenvalue weighted by Crippen LogP contribution is 2.29. The molecule has 1 heterocycles. The molecular formula is C17H21NO3S. The molecule has 1 aromatic rings. The number of thiophene rings is 1. The van der Waals surface area contributed by atoms with Gasteiger partial charge in [-0.15, -0.1) is 24.5 Å². The average molecular weight is 319 g/mol. The molecule has 1 aliphatic rings. The molecule has 118 valence electrons. The molecular weight excluding hydrogens is 298 g/mol. The Balaban J connectivity index is 1.91. The molecule has 0 unspecified atom stereocenters. The lowest BCUT2D eigenvalue weighted by atomic mass is 9.99. The largest absolute Gasteiger partial charge is 0.451 e. The van der Waals surface area contributed by atoms with Gasteiger partial charge in [0.2, 0.25) is 0 Å². The molecule has 0 aromatic carbocycles. The third-order valence-electron chi connectivity index (χ3n) is 3.58. The van der Waals surface area contributed by atoms with Gasteiger partial charge in [-0.05, 0) is 37.3 Å². The maximum atomic E-state index is 12.1. The fraction of sp³-hybridized carbons (Fsp3) is 0.412. The summed E-state index contributed by atoms with van der Waals surface area (Å²) in [5.41, 5.74) is 1.26. The van der Waals surface area contributed by atoms with Crippen LogP contribution in [0, 0.1) is 0 Å². The Labute approximate surface area is 135 Å². The van der Waals surface area contributed by atoms with Gasteiger partial charge >= 0.3 is 5.97 Å². The zero-order valence-corrected chi connectivity index (χ0v) is 13.5. The number of hydrogen-bond donors (Lipinski definition) is 0. The molecule has 0 saturated carbocycles. The van der Waals surface area contributed by atoms with Crippen LogP contribution < -0.4 is 0 Å². The standard InChI is InChI=1S/C17H21NO3S/c1-3-9-18(10-4-2)16(19)12-21-17(20)15-11-13-7-5-6-8-14(13)22-15/h3-4,11H,1-2,5-10,12H2. The van der Waals surface area contributed by atoms with Crippen LogP contribution in [-0.4, -0.2) is 36.5 Å². The fourth-order valence-electron chi connectivity index (χ4n) is 2.47. The van der Waals surface area contributed by atoms with E-state index in [0.29, 0.717) is 18.0 Å². The number of esters is 1. The molecule has 0 aliphatic heterocycles. The van der Waals surface area contributed by atoms with Crippen molar-refractivity contribution in [2.24, 2.45) is 0 Å². The molecule has 0 bridgehead atoms. The molecule has 2 rings (SSSR count). The van der Waals surface area contributed by atoms with Crippen LogP contribution in [-0.2, 0) is 22.4 Å². The van der Waals surface area contributed by atoms with Gasteiger partial charge < -0.3 is 9.64 Å². The van der Waals surface area contributed by atoms with Gasteiger partial charge in [-0.2, -0.15) is 0 Å². The number of aryl methyl sites for hydroxylation is 2. The van der Waals surface area contributed by atoms with Gasteiger partial charge in [0.15, 0.2) is 6.61 Å². The summed E-state index contributed by atoms with van der Waals surface area (Å²) in [5.74, 6) is -0.653. The lowest BCUT2D eigenvalue weighted by molar-refractivity contribution is -0.133. The van der Waals surface area contributed by atoms with Crippen LogP contribution in [0.15, 0.2) is 31.4 Å². The number of hydrogen-bond acceptors (Lipinski definition) is 4. The molecule has 4 nitrogen and oxygen atoms in total. The van der Waals surface area contributed by atoms with E-state index in [1.54, 1.807) is 12.2 Å². The smallest absolute Gasteiger partial charge is 0.348 e. The zero-order chi connectivity index (χ0) is 15.9. The summed E-state index contributed by atoms with van der Waals surface area (Å²) in [4.78, 5) is 27.5. The summed E-state index contributed by atoms with van der Waals surface area (Å²) < 4.78 is 5.15. The van der Waals surface area contributed by atoms with Crippen molar-refractivity contribution in [2.75, 3.05) is 19.7 Å². The number of amides is 1. The van der Waals surface area contributed by atoms with Crippen molar-refractivity contribution in [3.8, 4) is 0 Å². The summed E-state index contributed by atoms with van der Waals surface area (Å²) in [6, 6.07) is 1.91. The van der Waals surface area contributed by atoms with Gasteiger partial charge in [-0.25, -0.2) is 4.79 Å². The van der Waals surface area contributed by atoms with E-state index in [-0.39, 0.29) is 12.5 Å². The highest BCUT2D eigenvalue weighted by atomic mass is 32.1. The van der Waals surface area contributed by atoms with Crippen molar-refractivity contribution in [3.63, 3.8) is 0 Å². The van der Waals surface area contributed by atoms with E-state index in [1.807, 2.05) is 6.07 Å². The predicted molar refractivity (Wildman–Crippen MR) is 88.2 cm³/mol. The molecule has 0 N–H and O–H groups in total. The molecule has 0 radical (unpaired) electrons. The van der Waals surface area contributed by atoms with Crippen molar-refractivity contribution in [1.82, 2.24) is 4.90 Å². The summed E-state index contributed by atoms with van der Waals surface area (Å²) in [7, 11) is 0. The quantitative estimate of drug-likeness (QED) is 0.573. The zero-order valence-electron chi connectivity index (χ0n) is 12.7. The van der Waals surface area contributed by atoms with Gasteiger partial charge in [0, 0.05) is 18.0 Å². The Kier molecular flexibility index (Phi) is 5.95. The Hall–Kier alpha value is -1.88. The number of ether oxygens (including phenoxy) is 1. The molecule has 0 fully saturated rings. The third kappa shape index (κ3) is 4.07. The number of nitrogens with zero attached hydrogens (tertiary/aromatic N) is 1. The molecule has 5 heteroatoms. The SMILES string of the molecule is C=CCN(CC=C)C(=O)COC(=O)c1cc2c(s1)CCCC2. The van der Waals surface area contributed by atoms with Crippen LogP contribution in [0.2, 0.25) is 0 Å². The van der Waals surface area contributed by atoms with Crippen molar-refractivity contribution in [1.29, 1.82) is 0 Å². The van der Waals surface area contributed by atoms with E-state index in [9.17, 15) is 9.59 Å². The Morgan fingerprint density at radius 1 is 1.23 bits per heavy atom. The second-order valence-corrected chi connectivity index (χ2v) is 6.36. The Morgan fingerprint density at radius 3 is 2.55 bits per heavy atom. The topological polar surface area (TPSA) is 46.6 Å². The average Bonchev–Trinajstić information content (AvgIpc) is 2.96. The molecule has 1 aromatic heterocycles. The minimum Gasteiger partial charge on any atom is -0.451 e. The highest BCUT2D eigenvalue weighted by molar-refractivity contribution is 7.14. The van der Waals surface area contributed by atoms with E-state index < -0.39 is 5.97 Å². The normalized spacial score (nSPS) is 13.1. The van der Waals surface area contributed by atoms with E-state index in [1.165, 1.54) is 39.5 Å². The van der Waals surface area contributed by atoms with E-state index >= 15 is 0 Å². The van der Waals surface area contributed by atoms with Gasteiger partial charge in [0.1, 0.15) is 4.88 Å². The molecule has 0 spiro atoms. The number of rotatable bonds is 7. The molecule has 1 amide bonds. The third-order valence-corrected chi connectivity index (χ3v) is 4.79. The Morgan fingerprint density at radius 2 is 1.91 bits per heavy atom. The van der Waals surface area contributed by atoms with Crippen LogP contribution in [0.25, 0.3) is 0 Å². The fourth-order valence-corrected chi connectivity index (χ4v) is 3.62. The first-order valence-corrected chi connectivity index (χ1v) is 8.25. The van der Waals surface area contributed by atoms with Gasteiger partial charge in [-0.3, -0.25) is 4.79 Å². The van der Waals surface area contributed by atoms with Crippen LogP contribution in [0.3, 0.4) is 0 Å². The summed E-state index contributed by atoms with van der Waals surface area (Å²) in [6.45, 7) is 7.80. The number of carbonyl (C=O) groups is 2. The van der Waals surface area contributed by atoms with Gasteiger partial charge in [0.25, 0.3) is 5.91 Å². The van der Waals surface area contributed by atoms with Crippen molar-refractivity contribution >= 4 is 23.2 Å². The van der Waals surface area contributed by atoms with E-state index in [4.69, 9.17) is 4.74 Å². The summed E-state index contributed by atoms with van der Waals surface area (Å²) >= 11 is 1.49. The number of fused-ring (bicyclic) bond motifs is 1. The number of carbonyl (C=O) groups excluding carboxylic acids is 2. The maximum Gasteiger partial charge on any atom is 0.348 e. The minimum absolute atomic E-state index is 0.241. The predicted octanol–water partition coefficient (Wildman–Crippen LogP) is 2.98. The molecule has 22 heavy (non-hydrogen) atoms. The second kappa shape index (κ2) is 7.94. The van der Waals surface area contributed by atoms with Crippen molar-refractivity contribution < 1.29 is 14.3 Å². The first kappa shape index (κ1) is 16.5. The van der Waals surface area contributed by atoms with Crippen LogP contribution in [0.1, 0.15) is 33.0 Å². The monoisotopic (exact) mass is 319 g/mol. The lowest BCUT2D eigenvalue weighted by Crippen LogP contribution is -2.34. The lowest BCUT2D eigenvalue weighted by Gasteiger charge is -2.18. The van der Waals surface area contributed by atoms with Gasteiger partial charge in [-0.1, -0.05) is 12.2 Å². The second-order valence-electron chi connectivity index (χ2n) is 5.22. The van der Waals surface area contributed by atoms with Crippen LogP contribution in [0.4, 0.5) is 0 Å². The van der Waals surface area contributed by atoms with Crippen molar-refractivity contribution in [3.05, 3.63) is 46.7 Å². The van der Waals surface area contributed by atoms with Gasteiger partial charge in [0.05, 0.1) is 0 Å². The van der Waals surface area contributed by atoms with Crippen LogP contribution in [0.5, 0.6) is 0 Å². The first-order valence-electron chi connectivity index (χ1n) is 7.44. The molecule has 0 saturated heterocycles. The highest BCUT2D eigenvalue weighted by Gasteiger charge is 2.20.